The Hall–Kier alpha value is -4.85. The Labute approximate surface area is 328 Å². The zero-order valence-corrected chi connectivity index (χ0v) is 34.6. The van der Waals surface area contributed by atoms with Crippen LogP contribution in [0.3, 0.4) is 0 Å². The molecule has 0 aliphatic heterocycles. The minimum atomic E-state index is -1.56. The van der Waals surface area contributed by atoms with Crippen LogP contribution in [-0.4, -0.2) is 124 Å². The first-order valence-corrected chi connectivity index (χ1v) is 18.8. The summed E-state index contributed by atoms with van der Waals surface area (Å²) in [4.78, 5) is 115. The molecule has 0 aromatic carbocycles. The van der Waals surface area contributed by atoms with Gasteiger partial charge in [-0.2, -0.15) is 0 Å². The van der Waals surface area contributed by atoms with Gasteiger partial charge in [0, 0.05) is 0 Å². The van der Waals surface area contributed by atoms with Gasteiger partial charge < -0.3 is 58.5 Å². The molecule has 0 rings (SSSR count). The van der Waals surface area contributed by atoms with Crippen LogP contribution >= 0.6 is 0 Å². The Morgan fingerprint density at radius 2 is 0.857 bits per heavy atom. The summed E-state index contributed by atoms with van der Waals surface area (Å²) >= 11 is 0. The summed E-state index contributed by atoms with van der Waals surface area (Å²) in [7, 11) is 0. The summed E-state index contributed by atoms with van der Waals surface area (Å²) < 4.78 is 0. The van der Waals surface area contributed by atoms with E-state index >= 15 is 0 Å². The largest absolute Gasteiger partial charge is 0.480 e. The maximum atomic E-state index is 13.4. The maximum Gasteiger partial charge on any atom is 0.325 e. The highest BCUT2D eigenvalue weighted by molar-refractivity contribution is 5.97. The van der Waals surface area contributed by atoms with Gasteiger partial charge in [-0.05, 0) is 51.4 Å². The molecule has 0 spiro atoms. The molecule has 0 unspecified atom stereocenters. The lowest BCUT2D eigenvalue weighted by Crippen LogP contribution is -2.61. The molecule has 0 saturated carbocycles. The van der Waals surface area contributed by atoms with Crippen LogP contribution in [0.25, 0.3) is 0 Å². The molecule has 20 heteroatoms. The van der Waals surface area contributed by atoms with Crippen LogP contribution < -0.4 is 48.3 Å². The smallest absolute Gasteiger partial charge is 0.325 e. The highest BCUT2D eigenvalue weighted by Gasteiger charge is 2.36. The van der Waals surface area contributed by atoms with E-state index in [0.29, 0.717) is 6.42 Å². The molecule has 0 aromatic rings. The zero-order chi connectivity index (χ0) is 43.8. The normalized spacial score (nSPS) is 16.7. The monoisotopic (exact) mass is 799 g/mol. The fraction of sp³-hybridized carbons (Fsp3) is 0.750. The van der Waals surface area contributed by atoms with Gasteiger partial charge in [-0.15, -0.1) is 0 Å². The zero-order valence-electron chi connectivity index (χ0n) is 34.6. The molecule has 0 aliphatic rings. The van der Waals surface area contributed by atoms with Gasteiger partial charge in [-0.25, -0.2) is 0 Å². The molecule has 0 bridgehead atoms. The van der Waals surface area contributed by atoms with E-state index in [-0.39, 0.29) is 5.92 Å². The molecule has 0 fully saturated rings. The molecule has 0 aliphatic carbocycles. The Bertz CT molecular complexity index is 1400. The number of aliphatic hydroxyl groups excluding tert-OH is 1. The number of carbonyl (C=O) groups excluding carboxylic acids is 8. The van der Waals surface area contributed by atoms with Crippen molar-refractivity contribution in [3.63, 3.8) is 0 Å². The van der Waals surface area contributed by atoms with E-state index in [1.807, 2.05) is 0 Å². The third kappa shape index (κ3) is 16.9. The van der Waals surface area contributed by atoms with Gasteiger partial charge in [-0.3, -0.25) is 43.2 Å². The van der Waals surface area contributed by atoms with Crippen molar-refractivity contribution in [2.45, 2.75) is 144 Å². The second kappa shape index (κ2) is 23.9. The molecule has 0 aromatic heterocycles. The van der Waals surface area contributed by atoms with Gasteiger partial charge in [0.15, 0.2) is 0 Å². The summed E-state index contributed by atoms with van der Waals surface area (Å²) in [6, 6.07) is -9.34. The number of aliphatic hydroxyl groups is 1. The number of carboxylic acids is 1. The third-order valence-electron chi connectivity index (χ3n) is 8.93. The van der Waals surface area contributed by atoms with Crippen LogP contribution in [0, 0.1) is 23.7 Å². The first-order valence-electron chi connectivity index (χ1n) is 18.8. The van der Waals surface area contributed by atoms with Crippen LogP contribution in [0.4, 0.5) is 0 Å². The minimum Gasteiger partial charge on any atom is -0.480 e. The number of aliphatic carboxylic acids is 1. The average Bonchev–Trinajstić information content (AvgIpc) is 3.09. The van der Waals surface area contributed by atoms with Crippen LogP contribution in [0.15, 0.2) is 0 Å². The number of hydrogen-bond donors (Lipinski definition) is 11. The Morgan fingerprint density at radius 3 is 1.25 bits per heavy atom. The Morgan fingerprint density at radius 1 is 0.482 bits per heavy atom. The number of carboxylic acid groups (broad SMARTS) is 1. The number of nitrogens with one attached hydrogen (secondary N) is 8. The molecule has 0 heterocycles. The van der Waals surface area contributed by atoms with Crippen molar-refractivity contribution in [1.29, 1.82) is 0 Å². The van der Waals surface area contributed by atoms with Crippen LogP contribution in [0.1, 0.15) is 89.5 Å². The van der Waals surface area contributed by atoms with Gasteiger partial charge in [0.05, 0.1) is 18.7 Å². The van der Waals surface area contributed by atoms with Gasteiger partial charge >= 0.3 is 5.97 Å². The second-order valence-corrected chi connectivity index (χ2v) is 15.2. The molecule has 8 amide bonds. The van der Waals surface area contributed by atoms with Gasteiger partial charge in [0.25, 0.3) is 0 Å². The fourth-order valence-corrected chi connectivity index (χ4v) is 5.00. The number of hydrogen-bond acceptors (Lipinski definition) is 11. The van der Waals surface area contributed by atoms with E-state index in [1.165, 1.54) is 27.7 Å². The predicted octanol–water partition coefficient (Wildman–Crippen LogP) is -2.64. The molecule has 0 radical (unpaired) electrons. The van der Waals surface area contributed by atoms with E-state index in [0.717, 1.165) is 0 Å². The molecular weight excluding hydrogens is 734 g/mol. The molecular formula is C36H65N9O11. The first-order chi connectivity index (χ1) is 25.8. The van der Waals surface area contributed by atoms with E-state index in [9.17, 15) is 48.3 Å². The van der Waals surface area contributed by atoms with Crippen molar-refractivity contribution < 1.29 is 53.4 Å². The van der Waals surface area contributed by atoms with E-state index in [2.05, 4.69) is 42.5 Å². The molecule has 56 heavy (non-hydrogen) atoms. The lowest BCUT2D eigenvalue weighted by atomic mass is 9.96. The van der Waals surface area contributed by atoms with E-state index in [1.54, 1.807) is 55.4 Å². The molecule has 20 nitrogen and oxygen atoms in total. The van der Waals surface area contributed by atoms with E-state index < -0.39 is 132 Å². The predicted molar refractivity (Wildman–Crippen MR) is 205 cm³/mol. The minimum absolute atomic E-state index is 0.371. The number of amides is 8. The Kier molecular flexibility index (Phi) is 21.9. The summed E-state index contributed by atoms with van der Waals surface area (Å²) in [5.41, 5.74) is 5.63. The fourth-order valence-electron chi connectivity index (χ4n) is 5.00. The Balaban J connectivity index is 5.60. The summed E-state index contributed by atoms with van der Waals surface area (Å²) in [6.07, 6.45) is -1.02. The van der Waals surface area contributed by atoms with Crippen molar-refractivity contribution in [1.82, 2.24) is 42.5 Å². The molecule has 12 N–H and O–H groups in total. The van der Waals surface area contributed by atoms with Crippen LogP contribution in [0.2, 0.25) is 0 Å². The lowest BCUT2D eigenvalue weighted by Gasteiger charge is -2.30. The standard InChI is InChI=1S/C36H65N9O11/c1-13-18(8)27(44-34(53)25(16(4)5)41-29(48)19(9)37)35(54)45-28(22(12)46)31(50)38-14-23(47)39-20(10)30(49)42-26(17(6)7)33(52)43-24(15(2)3)32(51)40-21(11)36(55)56/h15-22,24-28,46H,13-14,37H2,1-12H3,(H,38,50)(H,39,47)(H,40,51)(H,41,48)(H,42,49)(H,43,52)(H,44,53)(H,45,54)(H,55,56)/t18-,19-,20-,21-,22+,24-,25-,26-,27-,28-/m0/s1. The number of carbonyl (C=O) groups is 9. The van der Waals surface area contributed by atoms with E-state index in [4.69, 9.17) is 10.8 Å². The highest BCUT2D eigenvalue weighted by Crippen LogP contribution is 2.12. The van der Waals surface area contributed by atoms with Crippen molar-refractivity contribution in [3.8, 4) is 0 Å². The summed E-state index contributed by atoms with van der Waals surface area (Å²) in [5.74, 6) is -9.01. The quantitative estimate of drug-likeness (QED) is 0.0506. The van der Waals surface area contributed by atoms with Gasteiger partial charge in [-0.1, -0.05) is 61.8 Å². The summed E-state index contributed by atoms with van der Waals surface area (Å²) in [6.45, 7) is 18.1. The summed E-state index contributed by atoms with van der Waals surface area (Å²) in [5, 5.41) is 39.2. The molecule has 10 atom stereocenters. The van der Waals surface area contributed by atoms with Crippen molar-refractivity contribution >= 4 is 53.2 Å². The second-order valence-electron chi connectivity index (χ2n) is 15.2. The highest BCUT2D eigenvalue weighted by atomic mass is 16.4. The lowest BCUT2D eigenvalue weighted by molar-refractivity contribution is -0.142. The third-order valence-corrected chi connectivity index (χ3v) is 8.93. The van der Waals surface area contributed by atoms with Crippen molar-refractivity contribution in [2.24, 2.45) is 29.4 Å². The van der Waals surface area contributed by atoms with Crippen LogP contribution in [-0.2, 0) is 43.2 Å². The molecule has 0 saturated heterocycles. The topological polar surface area (TPSA) is 316 Å². The van der Waals surface area contributed by atoms with Gasteiger partial charge in [0.1, 0.15) is 42.3 Å². The van der Waals surface area contributed by atoms with Crippen LogP contribution in [0.5, 0.6) is 0 Å². The van der Waals surface area contributed by atoms with Gasteiger partial charge in [0.2, 0.25) is 47.3 Å². The number of rotatable bonds is 23. The van der Waals surface area contributed by atoms with Crippen molar-refractivity contribution in [3.05, 3.63) is 0 Å². The SMILES string of the molecule is CC[C@H](C)[C@H](NC(=O)[C@@H](NC(=O)[C@H](C)N)C(C)C)C(=O)N[C@H](C(=O)NCC(=O)N[C@@H](C)C(=O)N[C@H](C(=O)N[C@H](C(=O)N[C@@H](C)C(=O)O)C(C)C)C(C)C)[C@@H](C)O. The number of nitrogens with two attached hydrogens (primary N) is 1. The first kappa shape index (κ1) is 51.1. The average molecular weight is 800 g/mol. The molecule has 320 valence electrons. The maximum absolute atomic E-state index is 13.4. The van der Waals surface area contributed by atoms with Crippen molar-refractivity contribution in [2.75, 3.05) is 6.54 Å².